The Morgan fingerprint density at radius 2 is 1.93 bits per heavy atom. The van der Waals surface area contributed by atoms with E-state index < -0.39 is 21.8 Å². The van der Waals surface area contributed by atoms with Gasteiger partial charge in [0.15, 0.2) is 0 Å². The summed E-state index contributed by atoms with van der Waals surface area (Å²) in [6.07, 6.45) is -3.58. The first kappa shape index (κ1) is 20.3. The van der Waals surface area contributed by atoms with E-state index in [1.807, 2.05) is 0 Å². The molecule has 1 N–H and O–H groups in total. The molecule has 0 saturated carbocycles. The van der Waals surface area contributed by atoms with Crippen LogP contribution in [0.15, 0.2) is 47.4 Å². The lowest BCUT2D eigenvalue weighted by atomic mass is 10.1. The number of hydrogen-bond donors (Lipinski definition) is 1. The lowest BCUT2D eigenvalue weighted by Gasteiger charge is -2.16. The highest BCUT2D eigenvalue weighted by Crippen LogP contribution is 2.31. The van der Waals surface area contributed by atoms with Crippen LogP contribution in [-0.2, 0) is 34.0 Å². The summed E-state index contributed by atoms with van der Waals surface area (Å²) in [5, 5.41) is 0. The fraction of sp³-hybridized carbons (Fsp3) is 0.316. The van der Waals surface area contributed by atoms with Crippen molar-refractivity contribution >= 4 is 21.6 Å². The smallest absolute Gasteiger partial charge is 0.312 e. The number of nitrogens with one attached hydrogen (secondary N) is 1. The molecular formula is C19H19F3N2O3S. The van der Waals surface area contributed by atoms with E-state index in [9.17, 15) is 26.4 Å². The van der Waals surface area contributed by atoms with Gasteiger partial charge >= 0.3 is 6.18 Å². The molecule has 1 heterocycles. The first-order valence-electron chi connectivity index (χ1n) is 8.71. The molecular weight excluding hydrogens is 393 g/mol. The zero-order chi connectivity index (χ0) is 20.5. The highest BCUT2D eigenvalue weighted by atomic mass is 32.2. The maximum atomic E-state index is 12.8. The fourth-order valence-corrected chi connectivity index (χ4v) is 4.18. The first-order chi connectivity index (χ1) is 13.1. The predicted molar refractivity (Wildman–Crippen MR) is 98.3 cm³/mol. The summed E-state index contributed by atoms with van der Waals surface area (Å²) >= 11 is 0. The Labute approximate surface area is 161 Å². The van der Waals surface area contributed by atoms with Crippen molar-refractivity contribution in [2.45, 2.75) is 37.4 Å². The van der Waals surface area contributed by atoms with E-state index in [0.29, 0.717) is 25.1 Å². The standard InChI is InChI=1S/C19H19F3N2O3S/c1-2-18(25)24-9-8-14-11-16(6-7-17(14)24)28(26,27)23-12-13-4-3-5-15(10-13)19(20,21)22/h3-7,10-11,23H,2,8-9,12H2,1H3. The van der Waals surface area contributed by atoms with Crippen LogP contribution in [0.4, 0.5) is 18.9 Å². The van der Waals surface area contributed by atoms with E-state index in [-0.39, 0.29) is 22.9 Å². The van der Waals surface area contributed by atoms with Crippen LogP contribution in [0.25, 0.3) is 0 Å². The highest BCUT2D eigenvalue weighted by Gasteiger charge is 2.30. The van der Waals surface area contributed by atoms with Gasteiger partial charge in [0.25, 0.3) is 0 Å². The maximum absolute atomic E-state index is 12.8. The number of halogens is 3. The Morgan fingerprint density at radius 1 is 1.18 bits per heavy atom. The molecule has 0 aliphatic carbocycles. The molecule has 0 aromatic heterocycles. The molecule has 0 bridgehead atoms. The summed E-state index contributed by atoms with van der Waals surface area (Å²) in [5.74, 6) is -0.0305. The minimum absolute atomic E-state index is 0.0176. The topological polar surface area (TPSA) is 66.5 Å². The minimum Gasteiger partial charge on any atom is -0.312 e. The molecule has 1 amide bonds. The molecule has 5 nitrogen and oxygen atoms in total. The second-order valence-electron chi connectivity index (χ2n) is 6.46. The fourth-order valence-electron chi connectivity index (χ4n) is 3.11. The van der Waals surface area contributed by atoms with Gasteiger partial charge in [-0.05, 0) is 41.8 Å². The van der Waals surface area contributed by atoms with Crippen LogP contribution in [0.1, 0.15) is 30.0 Å². The van der Waals surface area contributed by atoms with Gasteiger partial charge in [0.05, 0.1) is 10.5 Å². The second kappa shape index (κ2) is 7.56. The largest absolute Gasteiger partial charge is 0.416 e. The van der Waals surface area contributed by atoms with Gasteiger partial charge in [0, 0.05) is 25.2 Å². The number of anilines is 1. The van der Waals surface area contributed by atoms with Crippen LogP contribution in [0.5, 0.6) is 0 Å². The molecule has 0 fully saturated rings. The zero-order valence-electron chi connectivity index (χ0n) is 15.1. The Morgan fingerprint density at radius 3 is 2.61 bits per heavy atom. The summed E-state index contributed by atoms with van der Waals surface area (Å²) in [6.45, 7) is 2.00. The quantitative estimate of drug-likeness (QED) is 0.818. The van der Waals surface area contributed by atoms with Gasteiger partial charge in [-0.1, -0.05) is 25.1 Å². The molecule has 1 aliphatic rings. The van der Waals surface area contributed by atoms with E-state index in [2.05, 4.69) is 4.72 Å². The third-order valence-corrected chi connectivity index (χ3v) is 5.98. The highest BCUT2D eigenvalue weighted by molar-refractivity contribution is 7.89. The Bertz CT molecular complexity index is 1000. The Kier molecular flexibility index (Phi) is 5.49. The molecule has 0 saturated heterocycles. The van der Waals surface area contributed by atoms with E-state index in [1.165, 1.54) is 24.3 Å². The van der Waals surface area contributed by atoms with E-state index in [0.717, 1.165) is 17.7 Å². The minimum atomic E-state index is -4.49. The van der Waals surface area contributed by atoms with Crippen molar-refractivity contribution in [3.63, 3.8) is 0 Å². The van der Waals surface area contributed by atoms with Crippen molar-refractivity contribution in [1.29, 1.82) is 0 Å². The molecule has 3 rings (SSSR count). The molecule has 0 radical (unpaired) electrons. The number of amides is 1. The van der Waals surface area contributed by atoms with E-state index in [1.54, 1.807) is 17.9 Å². The number of sulfonamides is 1. The average molecular weight is 412 g/mol. The molecule has 9 heteroatoms. The van der Waals surface area contributed by atoms with Crippen LogP contribution in [0.3, 0.4) is 0 Å². The first-order valence-corrected chi connectivity index (χ1v) is 10.2. The number of carbonyl (C=O) groups is 1. The van der Waals surface area contributed by atoms with Crippen LogP contribution in [0.2, 0.25) is 0 Å². The van der Waals surface area contributed by atoms with Crippen LogP contribution < -0.4 is 9.62 Å². The Hall–Kier alpha value is -2.39. The van der Waals surface area contributed by atoms with Gasteiger partial charge in [0.2, 0.25) is 15.9 Å². The number of nitrogens with zero attached hydrogens (tertiary/aromatic N) is 1. The monoisotopic (exact) mass is 412 g/mol. The summed E-state index contributed by atoms with van der Waals surface area (Å²) in [6, 6.07) is 9.01. The molecule has 150 valence electrons. The SMILES string of the molecule is CCC(=O)N1CCc2cc(S(=O)(=O)NCc3cccc(C(F)(F)F)c3)ccc21. The van der Waals surface area contributed by atoms with Gasteiger partial charge in [-0.25, -0.2) is 13.1 Å². The van der Waals surface area contributed by atoms with Gasteiger partial charge in [-0.3, -0.25) is 4.79 Å². The third-order valence-electron chi connectivity index (χ3n) is 4.58. The van der Waals surface area contributed by atoms with Crippen molar-refractivity contribution in [3.8, 4) is 0 Å². The van der Waals surface area contributed by atoms with E-state index >= 15 is 0 Å². The lowest BCUT2D eigenvalue weighted by Crippen LogP contribution is -2.27. The van der Waals surface area contributed by atoms with Crippen LogP contribution >= 0.6 is 0 Å². The van der Waals surface area contributed by atoms with Crippen molar-refractivity contribution in [1.82, 2.24) is 4.72 Å². The zero-order valence-corrected chi connectivity index (χ0v) is 15.9. The molecule has 0 spiro atoms. The van der Waals surface area contributed by atoms with Gasteiger partial charge in [0.1, 0.15) is 0 Å². The molecule has 1 aliphatic heterocycles. The number of benzene rings is 2. The number of hydrogen-bond acceptors (Lipinski definition) is 3. The summed E-state index contributed by atoms with van der Waals surface area (Å²) in [7, 11) is -3.91. The normalized spacial score (nSPS) is 14.2. The summed E-state index contributed by atoms with van der Waals surface area (Å²) in [4.78, 5) is 13.6. The van der Waals surface area contributed by atoms with Crippen LogP contribution in [0, 0.1) is 0 Å². The molecule has 28 heavy (non-hydrogen) atoms. The molecule has 0 atom stereocenters. The third kappa shape index (κ3) is 4.20. The summed E-state index contributed by atoms with van der Waals surface area (Å²) in [5.41, 5.74) is 0.828. The molecule has 2 aromatic rings. The average Bonchev–Trinajstić information content (AvgIpc) is 3.08. The summed E-state index contributed by atoms with van der Waals surface area (Å²) < 4.78 is 65.8. The number of alkyl halides is 3. The van der Waals surface area contributed by atoms with Gasteiger partial charge in [-0.15, -0.1) is 0 Å². The van der Waals surface area contributed by atoms with Gasteiger partial charge < -0.3 is 4.90 Å². The predicted octanol–water partition coefficient (Wildman–Crippen LogP) is 3.48. The van der Waals surface area contributed by atoms with Crippen molar-refractivity contribution in [2.75, 3.05) is 11.4 Å². The Balaban J connectivity index is 1.77. The maximum Gasteiger partial charge on any atom is 0.416 e. The van der Waals surface area contributed by atoms with Crippen molar-refractivity contribution in [3.05, 3.63) is 59.2 Å². The number of rotatable bonds is 5. The number of fused-ring (bicyclic) bond motifs is 1. The lowest BCUT2D eigenvalue weighted by molar-refractivity contribution is -0.137. The van der Waals surface area contributed by atoms with Gasteiger partial charge in [-0.2, -0.15) is 13.2 Å². The molecule has 0 unspecified atom stereocenters. The second-order valence-corrected chi connectivity index (χ2v) is 8.23. The van der Waals surface area contributed by atoms with Crippen molar-refractivity contribution in [2.24, 2.45) is 0 Å². The molecule has 2 aromatic carbocycles. The van der Waals surface area contributed by atoms with Crippen molar-refractivity contribution < 1.29 is 26.4 Å². The van der Waals surface area contributed by atoms with E-state index in [4.69, 9.17) is 0 Å². The number of carbonyl (C=O) groups excluding carboxylic acids is 1. The van der Waals surface area contributed by atoms with Crippen LogP contribution in [-0.4, -0.2) is 20.9 Å².